The minimum absolute atomic E-state index is 0.174. The number of carbonyl (C=O) groups excluding carboxylic acids is 1. The van der Waals surface area contributed by atoms with Crippen LogP contribution in [0.5, 0.6) is 0 Å². The number of hydrogen-bond donors (Lipinski definition) is 1. The number of aryl methyl sites for hydroxylation is 2. The number of aromatic nitrogens is 1. The molecule has 0 saturated heterocycles. The van der Waals surface area contributed by atoms with Crippen molar-refractivity contribution in [3.8, 4) is 11.3 Å². The third kappa shape index (κ3) is 4.63. The first kappa shape index (κ1) is 20.6. The van der Waals surface area contributed by atoms with Crippen molar-refractivity contribution in [1.29, 1.82) is 0 Å². The van der Waals surface area contributed by atoms with Crippen LogP contribution >= 0.6 is 22.6 Å². The summed E-state index contributed by atoms with van der Waals surface area (Å²) in [7, 11) is 0. The first-order valence-electron chi connectivity index (χ1n) is 9.74. The maximum atomic E-state index is 12.7. The van der Waals surface area contributed by atoms with Crippen LogP contribution in [-0.4, -0.2) is 11.1 Å². The van der Waals surface area contributed by atoms with E-state index in [9.17, 15) is 4.79 Å². The normalized spacial score (nSPS) is 10.9. The summed E-state index contributed by atoms with van der Waals surface area (Å²) in [4.78, 5) is 12.7. The number of rotatable bonds is 7. The molecule has 1 heterocycles. The second kappa shape index (κ2) is 9.37. The molecule has 0 atom stereocenters. The Hall–Kier alpha value is -2.15. The van der Waals surface area contributed by atoms with E-state index in [0.29, 0.717) is 11.4 Å². The van der Waals surface area contributed by atoms with Crippen molar-refractivity contribution in [2.45, 2.75) is 46.5 Å². The zero-order valence-corrected chi connectivity index (χ0v) is 18.7. The zero-order chi connectivity index (χ0) is 20.1. The van der Waals surface area contributed by atoms with Crippen LogP contribution in [0, 0.1) is 3.57 Å². The van der Waals surface area contributed by atoms with Crippen LogP contribution in [0.3, 0.4) is 0 Å². The Bertz CT molecular complexity index is 956. The van der Waals surface area contributed by atoms with Gasteiger partial charge in [-0.1, -0.05) is 44.5 Å². The van der Waals surface area contributed by atoms with Crippen LogP contribution in [0.4, 0.5) is 5.82 Å². The third-order valence-electron chi connectivity index (χ3n) is 4.74. The second-order valence-electron chi connectivity index (χ2n) is 6.80. The number of hydrogen-bond acceptors (Lipinski definition) is 3. The van der Waals surface area contributed by atoms with Gasteiger partial charge in [0.1, 0.15) is 0 Å². The Morgan fingerprint density at radius 3 is 2.39 bits per heavy atom. The molecule has 5 heteroatoms. The van der Waals surface area contributed by atoms with E-state index < -0.39 is 0 Å². The van der Waals surface area contributed by atoms with Gasteiger partial charge < -0.3 is 9.84 Å². The van der Waals surface area contributed by atoms with Crippen LogP contribution in [0.1, 0.15) is 54.2 Å². The van der Waals surface area contributed by atoms with Gasteiger partial charge >= 0.3 is 0 Å². The van der Waals surface area contributed by atoms with E-state index in [1.807, 2.05) is 18.2 Å². The molecule has 0 saturated carbocycles. The quantitative estimate of drug-likeness (QED) is 0.399. The van der Waals surface area contributed by atoms with Crippen molar-refractivity contribution in [3.63, 3.8) is 0 Å². The number of halogens is 1. The highest BCUT2D eigenvalue weighted by Gasteiger charge is 2.20. The molecule has 146 valence electrons. The Balaban J connectivity index is 1.97. The van der Waals surface area contributed by atoms with Gasteiger partial charge in [0.15, 0.2) is 11.6 Å². The van der Waals surface area contributed by atoms with E-state index in [1.165, 1.54) is 11.1 Å². The average Bonchev–Trinajstić information content (AvgIpc) is 3.10. The van der Waals surface area contributed by atoms with Gasteiger partial charge in [0, 0.05) is 20.3 Å². The Labute approximate surface area is 179 Å². The number of nitrogens with zero attached hydrogens (tertiary/aromatic N) is 1. The molecular formula is C23H25IN2O2. The molecule has 3 aromatic rings. The van der Waals surface area contributed by atoms with Crippen molar-refractivity contribution < 1.29 is 9.32 Å². The summed E-state index contributed by atoms with van der Waals surface area (Å²) in [5, 5.41) is 7.14. The lowest BCUT2D eigenvalue weighted by Gasteiger charge is -2.08. The largest absolute Gasteiger partial charge is 0.354 e. The molecule has 0 unspecified atom stereocenters. The molecule has 1 N–H and O–H groups in total. The number of carbonyl (C=O) groups is 1. The molecule has 3 rings (SSSR count). The first-order chi connectivity index (χ1) is 13.5. The van der Waals surface area contributed by atoms with Crippen LogP contribution in [0.2, 0.25) is 0 Å². The standard InChI is InChI=1S/C23H25IN2O2/c1-4-8-20-21(18-12-15(5-2)11-16(6-3)13-18)28-26-22(20)25-23(27)17-9-7-10-19(24)14-17/h7,9-14H,4-6,8H2,1-3H3,(H,25,26,27). The second-order valence-corrected chi connectivity index (χ2v) is 8.04. The van der Waals surface area contributed by atoms with Crippen LogP contribution in [0.15, 0.2) is 47.0 Å². The van der Waals surface area contributed by atoms with Gasteiger partial charge in [-0.05, 0) is 83.3 Å². The fourth-order valence-electron chi connectivity index (χ4n) is 3.23. The summed E-state index contributed by atoms with van der Waals surface area (Å²) in [6.07, 6.45) is 3.66. The van der Waals surface area contributed by atoms with E-state index >= 15 is 0 Å². The minimum Gasteiger partial charge on any atom is -0.354 e. The lowest BCUT2D eigenvalue weighted by atomic mass is 9.98. The summed E-state index contributed by atoms with van der Waals surface area (Å²) >= 11 is 2.20. The Kier molecular flexibility index (Phi) is 6.88. The molecule has 28 heavy (non-hydrogen) atoms. The molecule has 0 radical (unpaired) electrons. The minimum atomic E-state index is -0.174. The van der Waals surface area contributed by atoms with Crippen molar-refractivity contribution >= 4 is 34.3 Å². The molecule has 0 aliphatic rings. The summed E-state index contributed by atoms with van der Waals surface area (Å²) < 4.78 is 6.74. The number of anilines is 1. The maximum absolute atomic E-state index is 12.7. The molecule has 0 aliphatic carbocycles. The van der Waals surface area contributed by atoms with E-state index in [2.05, 4.69) is 72.0 Å². The molecule has 0 bridgehead atoms. The van der Waals surface area contributed by atoms with Gasteiger partial charge in [-0.2, -0.15) is 0 Å². The molecule has 0 aliphatic heterocycles. The van der Waals surface area contributed by atoms with Crippen molar-refractivity contribution in [1.82, 2.24) is 5.16 Å². The topological polar surface area (TPSA) is 55.1 Å². The summed E-state index contributed by atoms with van der Waals surface area (Å²) in [5.41, 5.74) is 5.15. The van der Waals surface area contributed by atoms with Gasteiger partial charge in [-0.15, -0.1) is 0 Å². The predicted molar refractivity (Wildman–Crippen MR) is 122 cm³/mol. The van der Waals surface area contributed by atoms with Crippen LogP contribution < -0.4 is 5.32 Å². The molecule has 1 aromatic heterocycles. The highest BCUT2D eigenvalue weighted by Crippen LogP contribution is 2.32. The SMILES string of the molecule is CCCc1c(NC(=O)c2cccc(I)c2)noc1-c1cc(CC)cc(CC)c1. The average molecular weight is 488 g/mol. The van der Waals surface area contributed by atoms with Gasteiger partial charge in [0.05, 0.1) is 0 Å². The summed E-state index contributed by atoms with van der Waals surface area (Å²) in [6.45, 7) is 6.42. The summed E-state index contributed by atoms with van der Waals surface area (Å²) in [5.74, 6) is 1.10. The fraction of sp³-hybridized carbons (Fsp3) is 0.304. The van der Waals surface area contributed by atoms with Gasteiger partial charge in [0.25, 0.3) is 5.91 Å². The monoisotopic (exact) mass is 488 g/mol. The third-order valence-corrected chi connectivity index (χ3v) is 5.41. The van der Waals surface area contributed by atoms with E-state index in [4.69, 9.17) is 4.52 Å². The van der Waals surface area contributed by atoms with Crippen molar-refractivity contribution in [2.24, 2.45) is 0 Å². The number of benzene rings is 2. The van der Waals surface area contributed by atoms with Crippen molar-refractivity contribution in [2.75, 3.05) is 5.32 Å². The molecule has 0 fully saturated rings. The smallest absolute Gasteiger partial charge is 0.256 e. The Morgan fingerprint density at radius 1 is 1.07 bits per heavy atom. The highest BCUT2D eigenvalue weighted by molar-refractivity contribution is 14.1. The molecule has 4 nitrogen and oxygen atoms in total. The van der Waals surface area contributed by atoms with Gasteiger partial charge in [-0.25, -0.2) is 0 Å². The van der Waals surface area contributed by atoms with E-state index in [-0.39, 0.29) is 5.91 Å². The zero-order valence-electron chi connectivity index (χ0n) is 16.5. The number of amides is 1. The maximum Gasteiger partial charge on any atom is 0.256 e. The lowest BCUT2D eigenvalue weighted by molar-refractivity contribution is 0.102. The van der Waals surface area contributed by atoms with Crippen LogP contribution in [-0.2, 0) is 19.3 Å². The number of nitrogens with one attached hydrogen (secondary N) is 1. The van der Waals surface area contributed by atoms with Crippen molar-refractivity contribution in [3.05, 3.63) is 68.3 Å². The predicted octanol–water partition coefficient (Wildman–Crippen LogP) is 6.28. The molecule has 1 amide bonds. The van der Waals surface area contributed by atoms with E-state index in [0.717, 1.165) is 46.1 Å². The molecular weight excluding hydrogens is 463 g/mol. The molecule has 0 spiro atoms. The van der Waals surface area contributed by atoms with E-state index in [1.54, 1.807) is 6.07 Å². The fourth-order valence-corrected chi connectivity index (χ4v) is 3.77. The summed E-state index contributed by atoms with van der Waals surface area (Å²) in [6, 6.07) is 14.0. The van der Waals surface area contributed by atoms with Gasteiger partial charge in [0.2, 0.25) is 0 Å². The van der Waals surface area contributed by atoms with Crippen LogP contribution in [0.25, 0.3) is 11.3 Å². The lowest BCUT2D eigenvalue weighted by Crippen LogP contribution is -2.13. The first-order valence-corrected chi connectivity index (χ1v) is 10.8. The Morgan fingerprint density at radius 2 is 1.79 bits per heavy atom. The molecule has 2 aromatic carbocycles. The highest BCUT2D eigenvalue weighted by atomic mass is 127. The van der Waals surface area contributed by atoms with Gasteiger partial charge in [-0.3, -0.25) is 4.79 Å².